The number of carbonyl (C=O) groups is 2. The molecule has 0 aliphatic heterocycles. The van der Waals surface area contributed by atoms with Crippen molar-refractivity contribution in [2.24, 2.45) is 0 Å². The van der Waals surface area contributed by atoms with Crippen LogP contribution >= 0.6 is 15.9 Å². The summed E-state index contributed by atoms with van der Waals surface area (Å²) in [5.41, 5.74) is 2.69. The van der Waals surface area contributed by atoms with Crippen LogP contribution in [0.15, 0.2) is 112 Å². The zero-order chi connectivity index (χ0) is 33.1. The van der Waals surface area contributed by atoms with Gasteiger partial charge in [-0.15, -0.1) is 0 Å². The molecule has 4 rings (SSSR count). The summed E-state index contributed by atoms with van der Waals surface area (Å²) in [7, 11) is -2.78. The van der Waals surface area contributed by atoms with E-state index in [1.807, 2.05) is 74.5 Å². The largest absolute Gasteiger partial charge is 0.495 e. The molecule has 4 aromatic carbocycles. The number of methoxy groups -OCH3 is 1. The Balaban J connectivity index is 1.82. The highest BCUT2D eigenvalue weighted by Gasteiger charge is 2.35. The Kier molecular flexibility index (Phi) is 12.4. The Morgan fingerprint density at radius 2 is 1.54 bits per heavy atom. The van der Waals surface area contributed by atoms with Crippen molar-refractivity contribution < 1.29 is 22.7 Å². The number of hydrogen-bond acceptors (Lipinski definition) is 5. The fourth-order valence-corrected chi connectivity index (χ4v) is 6.78. The summed E-state index contributed by atoms with van der Waals surface area (Å²) in [5.74, 6) is -0.526. The van der Waals surface area contributed by atoms with Crippen molar-refractivity contribution in [3.63, 3.8) is 0 Å². The number of unbranched alkanes of at least 4 members (excludes halogenated alkanes) is 1. The number of anilines is 1. The molecule has 0 spiro atoms. The maximum Gasteiger partial charge on any atom is 0.264 e. The molecule has 0 bridgehead atoms. The first-order valence-electron chi connectivity index (χ1n) is 15.2. The molecule has 0 saturated heterocycles. The van der Waals surface area contributed by atoms with E-state index >= 15 is 0 Å². The average Bonchev–Trinajstić information content (AvgIpc) is 3.06. The minimum atomic E-state index is -4.23. The second kappa shape index (κ2) is 16.4. The molecule has 4 aromatic rings. The van der Waals surface area contributed by atoms with Gasteiger partial charge in [0.1, 0.15) is 18.3 Å². The van der Waals surface area contributed by atoms with E-state index in [9.17, 15) is 18.0 Å². The topological polar surface area (TPSA) is 96.0 Å². The van der Waals surface area contributed by atoms with E-state index < -0.39 is 28.5 Å². The summed E-state index contributed by atoms with van der Waals surface area (Å²) in [6.45, 7) is 3.89. The number of hydrogen-bond donors (Lipinski definition) is 1. The van der Waals surface area contributed by atoms with Gasteiger partial charge in [0.05, 0.1) is 17.7 Å². The van der Waals surface area contributed by atoms with Gasteiger partial charge in [-0.05, 0) is 66.4 Å². The van der Waals surface area contributed by atoms with Gasteiger partial charge < -0.3 is 15.0 Å². The minimum absolute atomic E-state index is 0.0314. The molecule has 0 fully saturated rings. The van der Waals surface area contributed by atoms with E-state index in [4.69, 9.17) is 4.74 Å². The fraction of sp³-hybridized carbons (Fsp3) is 0.278. The Hall–Kier alpha value is -4.15. The van der Waals surface area contributed by atoms with Crippen LogP contribution in [0.3, 0.4) is 0 Å². The molecule has 8 nitrogen and oxygen atoms in total. The summed E-state index contributed by atoms with van der Waals surface area (Å²) in [6.07, 6.45) is 1.94. The quantitative estimate of drug-likeness (QED) is 0.142. The molecule has 1 atom stereocenters. The van der Waals surface area contributed by atoms with Crippen LogP contribution < -0.4 is 14.4 Å². The summed E-state index contributed by atoms with van der Waals surface area (Å²) in [5, 5.41) is 3.01. The van der Waals surface area contributed by atoms with Crippen molar-refractivity contribution in [2.45, 2.75) is 50.6 Å². The number of rotatable bonds is 15. The van der Waals surface area contributed by atoms with Gasteiger partial charge in [0, 0.05) is 24.0 Å². The first-order valence-corrected chi connectivity index (χ1v) is 17.4. The van der Waals surface area contributed by atoms with E-state index in [0.717, 1.165) is 38.3 Å². The first kappa shape index (κ1) is 34.7. The highest BCUT2D eigenvalue weighted by Crippen LogP contribution is 2.34. The van der Waals surface area contributed by atoms with Crippen LogP contribution in [0.4, 0.5) is 5.69 Å². The van der Waals surface area contributed by atoms with Gasteiger partial charge in [-0.1, -0.05) is 96.0 Å². The van der Waals surface area contributed by atoms with Crippen molar-refractivity contribution in [1.82, 2.24) is 10.2 Å². The lowest BCUT2D eigenvalue weighted by molar-refractivity contribution is -0.140. The van der Waals surface area contributed by atoms with Crippen LogP contribution in [0.1, 0.15) is 36.5 Å². The number of carbonyl (C=O) groups excluding carboxylic acids is 2. The summed E-state index contributed by atoms with van der Waals surface area (Å²) >= 11 is 3.46. The Labute approximate surface area is 280 Å². The molecule has 0 radical (unpaired) electrons. The molecule has 1 N–H and O–H groups in total. The number of aryl methyl sites for hydroxylation is 1. The van der Waals surface area contributed by atoms with E-state index in [-0.39, 0.29) is 29.5 Å². The molecule has 0 heterocycles. The third-order valence-corrected chi connectivity index (χ3v) is 9.88. The zero-order valence-corrected chi connectivity index (χ0v) is 28.8. The first-order chi connectivity index (χ1) is 22.1. The third-order valence-electron chi connectivity index (χ3n) is 7.58. The highest BCUT2D eigenvalue weighted by molar-refractivity contribution is 9.10. The maximum atomic E-state index is 14.6. The zero-order valence-electron chi connectivity index (χ0n) is 26.4. The normalized spacial score (nSPS) is 11.8. The van der Waals surface area contributed by atoms with E-state index in [1.165, 1.54) is 24.1 Å². The van der Waals surface area contributed by atoms with Crippen molar-refractivity contribution in [1.29, 1.82) is 0 Å². The van der Waals surface area contributed by atoms with Crippen LogP contribution in [-0.4, -0.2) is 51.4 Å². The lowest BCUT2D eigenvalue weighted by Crippen LogP contribution is -2.53. The number of nitrogens with zero attached hydrogens (tertiary/aromatic N) is 2. The molecule has 0 unspecified atom stereocenters. The lowest BCUT2D eigenvalue weighted by atomic mass is 10.0. The summed E-state index contributed by atoms with van der Waals surface area (Å²) in [6, 6.07) is 29.3. The van der Waals surface area contributed by atoms with Gasteiger partial charge in [0.25, 0.3) is 10.0 Å². The van der Waals surface area contributed by atoms with Gasteiger partial charge in [0.2, 0.25) is 11.8 Å². The second-order valence-electron chi connectivity index (χ2n) is 11.0. The van der Waals surface area contributed by atoms with Crippen molar-refractivity contribution in [3.8, 4) is 5.75 Å². The van der Waals surface area contributed by atoms with E-state index in [1.54, 1.807) is 30.3 Å². The molecule has 10 heteroatoms. The van der Waals surface area contributed by atoms with E-state index in [0.29, 0.717) is 12.3 Å². The van der Waals surface area contributed by atoms with Crippen molar-refractivity contribution in [2.75, 3.05) is 24.5 Å². The molecular formula is C36H40BrN3O5S. The molecule has 0 aliphatic rings. The van der Waals surface area contributed by atoms with E-state index in [2.05, 4.69) is 21.2 Å². The van der Waals surface area contributed by atoms with Crippen molar-refractivity contribution >= 4 is 43.5 Å². The number of ether oxygens (including phenoxy) is 1. The average molecular weight is 707 g/mol. The molecule has 0 saturated carbocycles. The van der Waals surface area contributed by atoms with Crippen molar-refractivity contribution in [3.05, 3.63) is 124 Å². The van der Waals surface area contributed by atoms with Crippen LogP contribution in [0, 0.1) is 6.92 Å². The highest BCUT2D eigenvalue weighted by atomic mass is 79.9. The monoisotopic (exact) mass is 705 g/mol. The van der Waals surface area contributed by atoms with Crippen LogP contribution in [0.25, 0.3) is 0 Å². The maximum absolute atomic E-state index is 14.6. The number of benzene rings is 4. The third kappa shape index (κ3) is 8.98. The van der Waals surface area contributed by atoms with Gasteiger partial charge in [0.15, 0.2) is 0 Å². The minimum Gasteiger partial charge on any atom is -0.495 e. The van der Waals surface area contributed by atoms with Gasteiger partial charge in [-0.3, -0.25) is 13.9 Å². The second-order valence-corrected chi connectivity index (χ2v) is 13.8. The molecule has 0 aliphatic carbocycles. The molecule has 242 valence electrons. The number of sulfonamides is 1. The Morgan fingerprint density at radius 3 is 2.17 bits per heavy atom. The standard InChI is InChI=1S/C36H40BrN3O5S/c1-4-5-22-38-36(42)33(24-28-12-8-6-9-13-28)39(25-29-17-19-30(37)20-18-29)35(41)26-40(32-23-27(2)16-21-34(32)45-3)46(43,44)31-14-10-7-11-15-31/h6-21,23,33H,4-5,22,24-26H2,1-3H3,(H,38,42)/t33-/m1/s1. The summed E-state index contributed by atoms with van der Waals surface area (Å²) < 4.78 is 36.0. The Morgan fingerprint density at radius 1 is 0.891 bits per heavy atom. The lowest BCUT2D eigenvalue weighted by Gasteiger charge is -2.34. The molecule has 0 aromatic heterocycles. The summed E-state index contributed by atoms with van der Waals surface area (Å²) in [4.78, 5) is 30.0. The van der Waals surface area contributed by atoms with Gasteiger partial charge in [-0.25, -0.2) is 8.42 Å². The smallest absolute Gasteiger partial charge is 0.264 e. The SMILES string of the molecule is CCCCNC(=O)[C@@H](Cc1ccccc1)N(Cc1ccc(Br)cc1)C(=O)CN(c1cc(C)ccc1OC)S(=O)(=O)c1ccccc1. The predicted octanol–water partition coefficient (Wildman–Crippen LogP) is 6.52. The molecule has 46 heavy (non-hydrogen) atoms. The Bertz CT molecular complexity index is 1700. The molecular weight excluding hydrogens is 666 g/mol. The van der Waals surface area contributed by atoms with Crippen LogP contribution in [0.5, 0.6) is 5.75 Å². The van der Waals surface area contributed by atoms with Gasteiger partial charge >= 0.3 is 0 Å². The number of halogens is 1. The number of amides is 2. The van der Waals surface area contributed by atoms with Gasteiger partial charge in [-0.2, -0.15) is 0 Å². The molecule has 2 amide bonds. The van der Waals surface area contributed by atoms with Crippen LogP contribution in [0.2, 0.25) is 0 Å². The number of nitrogens with one attached hydrogen (secondary N) is 1. The van der Waals surface area contributed by atoms with Crippen LogP contribution in [-0.2, 0) is 32.6 Å². The predicted molar refractivity (Wildman–Crippen MR) is 185 cm³/mol. The fourth-order valence-electron chi connectivity index (χ4n) is 5.07.